The van der Waals surface area contributed by atoms with Gasteiger partial charge in [0, 0.05) is 25.4 Å². The van der Waals surface area contributed by atoms with Gasteiger partial charge in [-0.25, -0.2) is 4.79 Å². The summed E-state index contributed by atoms with van der Waals surface area (Å²) in [6.45, 7) is 3.63. The number of ether oxygens (including phenoxy) is 1. The van der Waals surface area contributed by atoms with Crippen molar-refractivity contribution in [1.82, 2.24) is 9.88 Å². The number of hydrogen-bond donors (Lipinski definition) is 1. The van der Waals surface area contributed by atoms with E-state index in [0.29, 0.717) is 12.2 Å². The van der Waals surface area contributed by atoms with Crippen molar-refractivity contribution >= 4 is 5.97 Å². The maximum atomic E-state index is 11.6. The molecule has 0 spiro atoms. The lowest BCUT2D eigenvalue weighted by atomic mass is 10.1. The Hall–Kier alpha value is -1.62. The molecule has 1 N–H and O–H groups in total. The van der Waals surface area contributed by atoms with Crippen LogP contribution in [0.3, 0.4) is 0 Å². The van der Waals surface area contributed by atoms with Crippen molar-refractivity contribution in [3.05, 3.63) is 34.2 Å². The quantitative estimate of drug-likeness (QED) is 0.740. The van der Waals surface area contributed by atoms with Crippen LogP contribution in [0.4, 0.5) is 0 Å². The van der Waals surface area contributed by atoms with Crippen LogP contribution >= 0.6 is 0 Å². The van der Waals surface area contributed by atoms with Crippen LogP contribution < -0.4 is 10.9 Å². The highest BCUT2D eigenvalue weighted by atomic mass is 16.5. The summed E-state index contributed by atoms with van der Waals surface area (Å²) in [4.78, 5) is 23.1. The fraction of sp³-hybridized carbons (Fsp3) is 0.455. The van der Waals surface area contributed by atoms with E-state index in [4.69, 9.17) is 4.74 Å². The summed E-state index contributed by atoms with van der Waals surface area (Å²) in [7, 11) is 0. The van der Waals surface area contributed by atoms with Gasteiger partial charge in [-0.2, -0.15) is 0 Å². The molecule has 0 radical (unpaired) electrons. The summed E-state index contributed by atoms with van der Waals surface area (Å²) in [6, 6.07) is 3.06. The molecule has 1 aliphatic rings. The maximum absolute atomic E-state index is 11.6. The van der Waals surface area contributed by atoms with Crippen LogP contribution in [-0.4, -0.2) is 30.2 Å². The van der Waals surface area contributed by atoms with Crippen LogP contribution in [-0.2, 0) is 4.74 Å². The Morgan fingerprint density at radius 3 is 2.88 bits per heavy atom. The summed E-state index contributed by atoms with van der Waals surface area (Å²) < 4.78 is 6.47. The van der Waals surface area contributed by atoms with Gasteiger partial charge >= 0.3 is 5.97 Å². The molecule has 1 aliphatic heterocycles. The number of carbonyl (C=O) groups excluding carboxylic acids is 1. The summed E-state index contributed by atoms with van der Waals surface area (Å²) in [5, 5.41) is 3.08. The zero-order chi connectivity index (χ0) is 11.5. The first-order valence-corrected chi connectivity index (χ1v) is 5.32. The minimum absolute atomic E-state index is 0.0838. The van der Waals surface area contributed by atoms with Gasteiger partial charge in [0.2, 0.25) is 0 Å². The van der Waals surface area contributed by atoms with Gasteiger partial charge in [-0.05, 0) is 13.0 Å². The molecule has 1 fully saturated rings. The molecule has 0 saturated carbocycles. The Kier molecular flexibility index (Phi) is 3.05. The van der Waals surface area contributed by atoms with Crippen molar-refractivity contribution in [2.24, 2.45) is 0 Å². The van der Waals surface area contributed by atoms with E-state index in [9.17, 15) is 9.59 Å². The zero-order valence-electron chi connectivity index (χ0n) is 9.10. The molecule has 0 bridgehead atoms. The molecular weight excluding hydrogens is 208 g/mol. The number of nitrogens with zero attached hydrogens (tertiary/aromatic N) is 1. The van der Waals surface area contributed by atoms with E-state index in [0.717, 1.165) is 13.1 Å². The second-order valence-electron chi connectivity index (χ2n) is 3.70. The summed E-state index contributed by atoms with van der Waals surface area (Å²) in [6.07, 6.45) is 1.58. The molecule has 1 aromatic rings. The molecule has 16 heavy (non-hydrogen) atoms. The molecule has 1 saturated heterocycles. The van der Waals surface area contributed by atoms with Crippen LogP contribution in [0.1, 0.15) is 23.3 Å². The van der Waals surface area contributed by atoms with E-state index < -0.39 is 0 Å². The van der Waals surface area contributed by atoms with Gasteiger partial charge in [0.1, 0.15) is 0 Å². The van der Waals surface area contributed by atoms with Crippen LogP contribution in [0, 0.1) is 0 Å². The first kappa shape index (κ1) is 10.9. The lowest BCUT2D eigenvalue weighted by Gasteiger charge is -2.29. The number of rotatable bonds is 3. The summed E-state index contributed by atoms with van der Waals surface area (Å²) >= 11 is 0. The number of hydrogen-bond acceptors (Lipinski definition) is 4. The third kappa shape index (κ3) is 1.99. The molecule has 5 heteroatoms. The first-order chi connectivity index (χ1) is 7.72. The SMILES string of the molecule is CCOC(=O)c1ccc(=O)n(C2CNC2)c1. The third-order valence-electron chi connectivity index (χ3n) is 2.60. The molecule has 0 atom stereocenters. The van der Waals surface area contributed by atoms with Crippen LogP contribution in [0.25, 0.3) is 0 Å². The highest BCUT2D eigenvalue weighted by molar-refractivity contribution is 5.88. The topological polar surface area (TPSA) is 60.3 Å². The van der Waals surface area contributed by atoms with E-state index in [1.807, 2.05) is 0 Å². The lowest BCUT2D eigenvalue weighted by Crippen LogP contribution is -2.46. The van der Waals surface area contributed by atoms with Crippen molar-refractivity contribution < 1.29 is 9.53 Å². The van der Waals surface area contributed by atoms with E-state index in [1.54, 1.807) is 17.7 Å². The molecule has 0 aromatic carbocycles. The van der Waals surface area contributed by atoms with Gasteiger partial charge in [0.05, 0.1) is 18.2 Å². The lowest BCUT2D eigenvalue weighted by molar-refractivity contribution is 0.0525. The number of aromatic nitrogens is 1. The Bertz CT molecular complexity index is 449. The van der Waals surface area contributed by atoms with E-state index in [-0.39, 0.29) is 17.6 Å². The molecule has 0 aliphatic carbocycles. The summed E-state index contributed by atoms with van der Waals surface area (Å²) in [5.74, 6) is -0.386. The van der Waals surface area contributed by atoms with Gasteiger partial charge in [-0.1, -0.05) is 0 Å². The first-order valence-electron chi connectivity index (χ1n) is 5.32. The fourth-order valence-corrected chi connectivity index (χ4v) is 1.59. The molecule has 0 unspecified atom stereocenters. The number of carbonyl (C=O) groups is 1. The molecule has 0 amide bonds. The normalized spacial score (nSPS) is 15.6. The van der Waals surface area contributed by atoms with Crippen molar-refractivity contribution in [1.29, 1.82) is 0 Å². The highest BCUT2D eigenvalue weighted by Gasteiger charge is 2.20. The minimum atomic E-state index is -0.386. The average Bonchev–Trinajstić information content (AvgIpc) is 2.19. The van der Waals surface area contributed by atoms with Crippen LogP contribution in [0.5, 0.6) is 0 Å². The van der Waals surface area contributed by atoms with Crippen LogP contribution in [0.2, 0.25) is 0 Å². The van der Waals surface area contributed by atoms with Crippen LogP contribution in [0.15, 0.2) is 23.1 Å². The van der Waals surface area contributed by atoms with Crippen molar-refractivity contribution in [2.75, 3.05) is 19.7 Å². The van der Waals surface area contributed by atoms with Crippen molar-refractivity contribution in [3.8, 4) is 0 Å². The maximum Gasteiger partial charge on any atom is 0.339 e. The van der Waals surface area contributed by atoms with Gasteiger partial charge < -0.3 is 14.6 Å². The monoisotopic (exact) mass is 222 g/mol. The molecular formula is C11H14N2O3. The highest BCUT2D eigenvalue weighted by Crippen LogP contribution is 2.10. The number of pyridine rings is 1. The standard InChI is InChI=1S/C11H14N2O3/c1-2-16-11(15)8-3-4-10(14)13(7-8)9-5-12-6-9/h3-4,7,9,12H,2,5-6H2,1H3. The molecule has 2 rings (SSSR count). The molecule has 2 heterocycles. The predicted molar refractivity (Wildman–Crippen MR) is 58.6 cm³/mol. The number of nitrogens with one attached hydrogen (secondary N) is 1. The molecule has 86 valence electrons. The smallest absolute Gasteiger partial charge is 0.339 e. The second kappa shape index (κ2) is 4.49. The zero-order valence-corrected chi connectivity index (χ0v) is 9.10. The molecule has 5 nitrogen and oxygen atoms in total. The van der Waals surface area contributed by atoms with E-state index >= 15 is 0 Å². The van der Waals surface area contributed by atoms with Gasteiger partial charge in [-0.15, -0.1) is 0 Å². The Morgan fingerprint density at radius 2 is 2.31 bits per heavy atom. The van der Waals surface area contributed by atoms with Crippen molar-refractivity contribution in [2.45, 2.75) is 13.0 Å². The average molecular weight is 222 g/mol. The van der Waals surface area contributed by atoms with E-state index in [2.05, 4.69) is 5.32 Å². The van der Waals surface area contributed by atoms with Gasteiger partial charge in [-0.3, -0.25) is 4.79 Å². The Balaban J connectivity index is 2.27. The minimum Gasteiger partial charge on any atom is -0.462 e. The predicted octanol–water partition coefficient (Wildman–Crippen LogP) is 0.169. The second-order valence-corrected chi connectivity index (χ2v) is 3.70. The largest absolute Gasteiger partial charge is 0.462 e. The van der Waals surface area contributed by atoms with Gasteiger partial charge in [0.15, 0.2) is 0 Å². The number of esters is 1. The van der Waals surface area contributed by atoms with Crippen molar-refractivity contribution in [3.63, 3.8) is 0 Å². The third-order valence-corrected chi connectivity index (χ3v) is 2.60. The summed E-state index contributed by atoms with van der Waals surface area (Å²) in [5.41, 5.74) is 0.341. The molecule has 1 aromatic heterocycles. The Morgan fingerprint density at radius 1 is 1.56 bits per heavy atom. The Labute approximate surface area is 93.0 Å². The fourth-order valence-electron chi connectivity index (χ4n) is 1.59. The van der Waals surface area contributed by atoms with Gasteiger partial charge in [0.25, 0.3) is 5.56 Å². The van der Waals surface area contributed by atoms with E-state index in [1.165, 1.54) is 12.1 Å².